The molecule has 0 spiro atoms. The summed E-state index contributed by atoms with van der Waals surface area (Å²) >= 11 is 6.11. The van der Waals surface area contributed by atoms with Crippen molar-refractivity contribution in [3.63, 3.8) is 0 Å². The number of rotatable bonds is 4. The van der Waals surface area contributed by atoms with E-state index in [0.29, 0.717) is 36.7 Å². The number of amides is 1. The second-order valence-electron chi connectivity index (χ2n) is 7.88. The van der Waals surface area contributed by atoms with Gasteiger partial charge in [-0.25, -0.2) is 0 Å². The maximum atomic E-state index is 13.2. The minimum absolute atomic E-state index is 0.000801. The molecule has 5 nitrogen and oxygen atoms in total. The van der Waals surface area contributed by atoms with Crippen molar-refractivity contribution >= 4 is 28.4 Å². The van der Waals surface area contributed by atoms with E-state index in [9.17, 15) is 4.79 Å². The van der Waals surface area contributed by atoms with Gasteiger partial charge in [-0.3, -0.25) is 14.8 Å². The van der Waals surface area contributed by atoms with Gasteiger partial charge in [0, 0.05) is 40.8 Å². The van der Waals surface area contributed by atoms with Crippen molar-refractivity contribution < 1.29 is 9.53 Å². The molecule has 0 bridgehead atoms. The number of carbonyl (C=O) groups is 1. The Bertz CT molecular complexity index is 1280. The van der Waals surface area contributed by atoms with Gasteiger partial charge in [-0.05, 0) is 54.1 Å². The monoisotopic (exact) mass is 443 g/mol. The van der Waals surface area contributed by atoms with Crippen molar-refractivity contribution in [1.29, 1.82) is 0 Å². The van der Waals surface area contributed by atoms with E-state index in [1.165, 1.54) is 0 Å². The summed E-state index contributed by atoms with van der Waals surface area (Å²) in [7, 11) is 0. The average molecular weight is 444 g/mol. The first kappa shape index (κ1) is 20.6. The molecular weight excluding hydrogens is 422 g/mol. The Hall–Kier alpha value is -3.28. The van der Waals surface area contributed by atoms with Crippen LogP contribution in [0.3, 0.4) is 0 Å². The number of ether oxygens (including phenoxy) is 1. The van der Waals surface area contributed by atoms with E-state index >= 15 is 0 Å². The molecule has 6 heteroatoms. The number of hydrogen-bond acceptors (Lipinski definition) is 4. The Kier molecular flexibility index (Phi) is 5.84. The van der Waals surface area contributed by atoms with Crippen molar-refractivity contribution in [2.75, 3.05) is 19.7 Å². The van der Waals surface area contributed by atoms with Crippen LogP contribution in [0.5, 0.6) is 0 Å². The second-order valence-corrected chi connectivity index (χ2v) is 8.32. The summed E-state index contributed by atoms with van der Waals surface area (Å²) in [6, 6.07) is 23.2. The molecule has 0 aliphatic carbocycles. The number of aromatic nitrogens is 2. The second kappa shape index (κ2) is 9.07. The zero-order chi connectivity index (χ0) is 21.9. The molecule has 160 valence electrons. The summed E-state index contributed by atoms with van der Waals surface area (Å²) in [4.78, 5) is 24.2. The Morgan fingerprint density at radius 2 is 1.97 bits per heavy atom. The van der Waals surface area contributed by atoms with Crippen molar-refractivity contribution in [3.8, 4) is 0 Å². The maximum Gasteiger partial charge on any atom is 0.254 e. The zero-order valence-electron chi connectivity index (χ0n) is 17.4. The third-order valence-electron chi connectivity index (χ3n) is 5.64. The zero-order valence-corrected chi connectivity index (χ0v) is 18.2. The van der Waals surface area contributed by atoms with Crippen LogP contribution in [0.2, 0.25) is 5.02 Å². The van der Waals surface area contributed by atoms with Gasteiger partial charge in [0.25, 0.3) is 5.91 Å². The summed E-state index contributed by atoms with van der Waals surface area (Å²) in [5.74, 6) is -0.000801. The molecule has 3 heterocycles. The van der Waals surface area contributed by atoms with Crippen LogP contribution >= 0.6 is 11.6 Å². The molecule has 2 aromatic carbocycles. The van der Waals surface area contributed by atoms with Crippen LogP contribution in [-0.4, -0.2) is 40.5 Å². The predicted octanol–water partition coefficient (Wildman–Crippen LogP) is 5.09. The van der Waals surface area contributed by atoms with Crippen LogP contribution in [0.25, 0.3) is 10.9 Å². The fourth-order valence-corrected chi connectivity index (χ4v) is 4.25. The van der Waals surface area contributed by atoms with Gasteiger partial charge in [0.1, 0.15) is 6.10 Å². The molecule has 0 N–H and O–H groups in total. The molecule has 1 saturated heterocycles. The van der Waals surface area contributed by atoms with E-state index in [4.69, 9.17) is 21.3 Å². The van der Waals surface area contributed by atoms with Crippen LogP contribution in [0.1, 0.15) is 33.4 Å². The van der Waals surface area contributed by atoms with Crippen LogP contribution in [0.15, 0.2) is 79.0 Å². The third kappa shape index (κ3) is 4.49. The molecule has 0 radical (unpaired) electrons. The van der Waals surface area contributed by atoms with Crippen molar-refractivity contribution in [2.24, 2.45) is 0 Å². The fourth-order valence-electron chi connectivity index (χ4n) is 4.04. The number of carbonyl (C=O) groups excluding carboxylic acids is 1. The summed E-state index contributed by atoms with van der Waals surface area (Å²) < 4.78 is 5.99. The first-order valence-electron chi connectivity index (χ1n) is 10.6. The molecule has 5 rings (SSSR count). The van der Waals surface area contributed by atoms with Crippen molar-refractivity contribution in [1.82, 2.24) is 14.9 Å². The third-order valence-corrected chi connectivity index (χ3v) is 5.87. The number of nitrogens with zero attached hydrogens (tertiary/aromatic N) is 3. The fraction of sp³-hybridized carbons (Fsp3) is 0.192. The molecular formula is C26H22ClN3O2. The molecule has 1 aliphatic heterocycles. The number of halogens is 1. The highest BCUT2D eigenvalue weighted by atomic mass is 35.5. The molecule has 4 aromatic rings. The van der Waals surface area contributed by atoms with Gasteiger partial charge in [-0.1, -0.05) is 35.9 Å². The number of benzene rings is 2. The molecule has 1 fully saturated rings. The summed E-state index contributed by atoms with van der Waals surface area (Å²) in [6.07, 6.45) is 2.19. The van der Waals surface area contributed by atoms with Crippen LogP contribution < -0.4 is 0 Å². The SMILES string of the molecule is O=C(c1ccc2ncccc2c1)N1CCO[C@@H](c2cccc(Cc3cccc(Cl)c3)n2)C1. The minimum atomic E-state index is -0.255. The molecule has 2 aromatic heterocycles. The van der Waals surface area contributed by atoms with Gasteiger partial charge in [0.2, 0.25) is 0 Å². The van der Waals surface area contributed by atoms with Gasteiger partial charge >= 0.3 is 0 Å². The Morgan fingerprint density at radius 3 is 2.88 bits per heavy atom. The van der Waals surface area contributed by atoms with Crippen LogP contribution in [-0.2, 0) is 11.2 Å². The first-order chi connectivity index (χ1) is 15.7. The van der Waals surface area contributed by atoms with E-state index in [0.717, 1.165) is 27.9 Å². The van der Waals surface area contributed by atoms with E-state index in [1.54, 1.807) is 6.20 Å². The lowest BCUT2D eigenvalue weighted by molar-refractivity contribution is -0.0247. The van der Waals surface area contributed by atoms with Gasteiger partial charge < -0.3 is 9.64 Å². The highest BCUT2D eigenvalue weighted by Gasteiger charge is 2.27. The van der Waals surface area contributed by atoms with Crippen molar-refractivity contribution in [3.05, 3.63) is 107 Å². The molecule has 1 aliphatic rings. The number of morpholine rings is 1. The van der Waals surface area contributed by atoms with E-state index in [1.807, 2.05) is 77.7 Å². The lowest BCUT2D eigenvalue weighted by atomic mass is 10.1. The highest BCUT2D eigenvalue weighted by Crippen LogP contribution is 2.24. The molecule has 1 atom stereocenters. The Morgan fingerprint density at radius 1 is 1.06 bits per heavy atom. The topological polar surface area (TPSA) is 55.3 Å². The maximum absolute atomic E-state index is 13.2. The number of hydrogen-bond donors (Lipinski definition) is 0. The molecule has 0 saturated carbocycles. The van der Waals surface area contributed by atoms with E-state index in [2.05, 4.69) is 4.98 Å². The van der Waals surface area contributed by atoms with Gasteiger partial charge in [0.05, 0.1) is 24.4 Å². The largest absolute Gasteiger partial charge is 0.368 e. The van der Waals surface area contributed by atoms with Gasteiger partial charge in [-0.2, -0.15) is 0 Å². The van der Waals surface area contributed by atoms with Gasteiger partial charge in [0.15, 0.2) is 0 Å². The lowest BCUT2D eigenvalue weighted by Gasteiger charge is -2.33. The summed E-state index contributed by atoms with van der Waals surface area (Å²) in [5, 5.41) is 1.67. The quantitative estimate of drug-likeness (QED) is 0.441. The smallest absolute Gasteiger partial charge is 0.254 e. The first-order valence-corrected chi connectivity index (χ1v) is 11.0. The predicted molar refractivity (Wildman–Crippen MR) is 125 cm³/mol. The highest BCUT2D eigenvalue weighted by molar-refractivity contribution is 6.30. The summed E-state index contributed by atoms with van der Waals surface area (Å²) in [6.45, 7) is 1.51. The average Bonchev–Trinajstić information content (AvgIpc) is 2.83. The van der Waals surface area contributed by atoms with E-state index in [-0.39, 0.29) is 12.0 Å². The van der Waals surface area contributed by atoms with E-state index < -0.39 is 0 Å². The number of fused-ring (bicyclic) bond motifs is 1. The van der Waals surface area contributed by atoms with Crippen molar-refractivity contribution in [2.45, 2.75) is 12.5 Å². The van der Waals surface area contributed by atoms with Crippen LogP contribution in [0.4, 0.5) is 0 Å². The minimum Gasteiger partial charge on any atom is -0.368 e. The van der Waals surface area contributed by atoms with Crippen LogP contribution in [0, 0.1) is 0 Å². The lowest BCUT2D eigenvalue weighted by Crippen LogP contribution is -2.42. The van der Waals surface area contributed by atoms with Gasteiger partial charge in [-0.15, -0.1) is 0 Å². The Balaban J connectivity index is 1.32. The Labute approximate surface area is 191 Å². The molecule has 32 heavy (non-hydrogen) atoms. The molecule has 0 unspecified atom stereocenters. The normalized spacial score (nSPS) is 16.3. The molecule has 1 amide bonds. The summed E-state index contributed by atoms with van der Waals surface area (Å²) in [5.41, 5.74) is 4.43. The number of pyridine rings is 2. The standard InChI is InChI=1S/C26H22ClN3O2/c27-21-6-1-4-18(14-21)15-22-7-2-8-24(29-22)25-17-30(12-13-32-25)26(31)20-9-10-23-19(16-20)5-3-11-28-23/h1-11,14,16,25H,12-13,15,17H2/t25-/m1/s1.